The van der Waals surface area contributed by atoms with Crippen LogP contribution in [0.4, 0.5) is 0 Å². The molecule has 0 N–H and O–H groups in total. The first-order valence-electron chi connectivity index (χ1n) is 6.66. The molecule has 1 aliphatic rings. The molecule has 1 fully saturated rings. The molecule has 0 amide bonds. The van der Waals surface area contributed by atoms with Crippen molar-refractivity contribution in [1.29, 1.82) is 0 Å². The summed E-state index contributed by atoms with van der Waals surface area (Å²) < 4.78 is 22.0. The van der Waals surface area contributed by atoms with Gasteiger partial charge in [-0.05, 0) is 13.3 Å². The molecule has 0 aromatic heterocycles. The Morgan fingerprint density at radius 1 is 1.15 bits per heavy atom. The predicted octanol–water partition coefficient (Wildman–Crippen LogP) is 3.57. The van der Waals surface area contributed by atoms with E-state index in [0.717, 1.165) is 35.8 Å². The molecular formula is C15H21BrO4. The zero-order chi connectivity index (χ0) is 14.7. The van der Waals surface area contributed by atoms with Gasteiger partial charge in [-0.25, -0.2) is 0 Å². The van der Waals surface area contributed by atoms with Gasteiger partial charge in [-0.2, -0.15) is 0 Å². The summed E-state index contributed by atoms with van der Waals surface area (Å²) >= 11 is 3.79. The van der Waals surface area contributed by atoms with Crippen LogP contribution in [0.15, 0.2) is 12.1 Å². The molecule has 2 rings (SSSR count). The highest BCUT2D eigenvalue weighted by Crippen LogP contribution is 2.47. The minimum atomic E-state index is 0.128. The van der Waals surface area contributed by atoms with Crippen LogP contribution in [-0.2, 0) is 4.74 Å². The van der Waals surface area contributed by atoms with Crippen molar-refractivity contribution in [3.8, 4) is 17.2 Å². The summed E-state index contributed by atoms with van der Waals surface area (Å²) in [5.74, 6) is 2.66. The van der Waals surface area contributed by atoms with Crippen LogP contribution in [0, 0.1) is 5.92 Å². The number of methoxy groups -OCH3 is 3. The van der Waals surface area contributed by atoms with Gasteiger partial charge in [-0.1, -0.05) is 15.9 Å². The average Bonchev–Trinajstić information content (AvgIpc) is 2.91. The molecule has 1 heterocycles. The van der Waals surface area contributed by atoms with E-state index >= 15 is 0 Å². The SMILES string of the molecule is COc1cc(OC)c(C(Br)C2COC(C)C2)c(OC)c1. The van der Waals surface area contributed by atoms with Gasteiger partial charge < -0.3 is 18.9 Å². The molecular weight excluding hydrogens is 324 g/mol. The summed E-state index contributed by atoms with van der Waals surface area (Å²) in [5.41, 5.74) is 1.01. The standard InChI is InChI=1S/C15H21BrO4/c1-9-5-10(8-20-9)15(16)14-12(18-3)6-11(17-2)7-13(14)19-4/h6-7,9-10,15H,5,8H2,1-4H3. The molecule has 3 unspecified atom stereocenters. The molecule has 0 saturated carbocycles. The fourth-order valence-electron chi connectivity index (χ4n) is 2.59. The lowest BCUT2D eigenvalue weighted by Crippen LogP contribution is -2.10. The normalized spacial score (nSPS) is 23.4. The number of hydrogen-bond donors (Lipinski definition) is 0. The lowest BCUT2D eigenvalue weighted by Gasteiger charge is -2.22. The van der Waals surface area contributed by atoms with Gasteiger partial charge in [0.15, 0.2) is 0 Å². The Kier molecular flexibility index (Phi) is 5.16. The van der Waals surface area contributed by atoms with E-state index < -0.39 is 0 Å². The Balaban J connectivity index is 2.38. The third-order valence-corrected chi connectivity index (χ3v) is 4.88. The summed E-state index contributed by atoms with van der Waals surface area (Å²) in [6.07, 6.45) is 1.32. The van der Waals surface area contributed by atoms with Gasteiger partial charge in [0.2, 0.25) is 0 Å². The molecule has 0 spiro atoms. The zero-order valence-electron chi connectivity index (χ0n) is 12.3. The zero-order valence-corrected chi connectivity index (χ0v) is 13.9. The van der Waals surface area contributed by atoms with Crippen LogP contribution in [0.25, 0.3) is 0 Å². The first kappa shape index (κ1) is 15.4. The molecule has 1 aliphatic heterocycles. The van der Waals surface area contributed by atoms with E-state index in [9.17, 15) is 0 Å². The van der Waals surface area contributed by atoms with Gasteiger partial charge in [0.25, 0.3) is 0 Å². The summed E-state index contributed by atoms with van der Waals surface area (Å²) in [6.45, 7) is 2.84. The van der Waals surface area contributed by atoms with Crippen LogP contribution in [0.5, 0.6) is 17.2 Å². The van der Waals surface area contributed by atoms with E-state index in [1.807, 2.05) is 12.1 Å². The van der Waals surface area contributed by atoms with Crippen molar-refractivity contribution < 1.29 is 18.9 Å². The fraction of sp³-hybridized carbons (Fsp3) is 0.600. The van der Waals surface area contributed by atoms with Gasteiger partial charge >= 0.3 is 0 Å². The molecule has 0 radical (unpaired) electrons. The van der Waals surface area contributed by atoms with E-state index in [-0.39, 0.29) is 4.83 Å². The third-order valence-electron chi connectivity index (χ3n) is 3.67. The highest BCUT2D eigenvalue weighted by Gasteiger charge is 2.32. The second kappa shape index (κ2) is 6.68. The van der Waals surface area contributed by atoms with E-state index in [1.54, 1.807) is 21.3 Å². The topological polar surface area (TPSA) is 36.9 Å². The molecule has 112 valence electrons. The Morgan fingerprint density at radius 3 is 2.15 bits per heavy atom. The van der Waals surface area contributed by atoms with Crippen molar-refractivity contribution >= 4 is 15.9 Å². The number of halogens is 1. The van der Waals surface area contributed by atoms with E-state index in [0.29, 0.717) is 12.0 Å². The van der Waals surface area contributed by atoms with Crippen LogP contribution in [0.2, 0.25) is 0 Å². The van der Waals surface area contributed by atoms with E-state index in [4.69, 9.17) is 18.9 Å². The second-order valence-electron chi connectivity index (χ2n) is 4.99. The van der Waals surface area contributed by atoms with Crippen LogP contribution < -0.4 is 14.2 Å². The molecule has 1 aromatic rings. The lowest BCUT2D eigenvalue weighted by molar-refractivity contribution is 0.120. The maximum absolute atomic E-state index is 5.66. The van der Waals surface area contributed by atoms with Crippen molar-refractivity contribution in [3.05, 3.63) is 17.7 Å². The molecule has 1 saturated heterocycles. The Morgan fingerprint density at radius 2 is 1.75 bits per heavy atom. The molecule has 4 nitrogen and oxygen atoms in total. The largest absolute Gasteiger partial charge is 0.496 e. The predicted molar refractivity (Wildman–Crippen MR) is 81.3 cm³/mol. The monoisotopic (exact) mass is 344 g/mol. The van der Waals surface area contributed by atoms with Crippen LogP contribution in [0.1, 0.15) is 23.7 Å². The Bertz CT molecular complexity index is 438. The highest BCUT2D eigenvalue weighted by molar-refractivity contribution is 9.09. The first-order valence-corrected chi connectivity index (χ1v) is 7.57. The van der Waals surface area contributed by atoms with Crippen LogP contribution in [0.3, 0.4) is 0 Å². The maximum atomic E-state index is 5.66. The van der Waals surface area contributed by atoms with Crippen LogP contribution in [-0.4, -0.2) is 34.0 Å². The summed E-state index contributed by atoms with van der Waals surface area (Å²) in [6, 6.07) is 3.76. The van der Waals surface area contributed by atoms with Gasteiger partial charge in [0.05, 0.1) is 44.4 Å². The number of benzene rings is 1. The fourth-order valence-corrected chi connectivity index (χ4v) is 3.41. The Labute approximate surface area is 128 Å². The Hall–Kier alpha value is -0.940. The first-order chi connectivity index (χ1) is 9.60. The third kappa shape index (κ3) is 3.04. The van der Waals surface area contributed by atoms with Gasteiger partial charge in [0.1, 0.15) is 17.2 Å². The maximum Gasteiger partial charge on any atom is 0.130 e. The van der Waals surface area contributed by atoms with Crippen molar-refractivity contribution in [2.75, 3.05) is 27.9 Å². The summed E-state index contributed by atoms with van der Waals surface area (Å²) in [4.78, 5) is 0.128. The second-order valence-corrected chi connectivity index (χ2v) is 5.97. The number of alkyl halides is 1. The van der Waals surface area contributed by atoms with E-state index in [1.165, 1.54) is 0 Å². The van der Waals surface area contributed by atoms with Crippen molar-refractivity contribution in [2.45, 2.75) is 24.3 Å². The van der Waals surface area contributed by atoms with Crippen molar-refractivity contribution in [2.24, 2.45) is 5.92 Å². The van der Waals surface area contributed by atoms with E-state index in [2.05, 4.69) is 22.9 Å². The minimum absolute atomic E-state index is 0.128. The molecule has 3 atom stereocenters. The van der Waals surface area contributed by atoms with Crippen molar-refractivity contribution in [1.82, 2.24) is 0 Å². The highest BCUT2D eigenvalue weighted by atomic mass is 79.9. The quantitative estimate of drug-likeness (QED) is 0.765. The van der Waals surface area contributed by atoms with Gasteiger partial charge in [0, 0.05) is 18.1 Å². The molecule has 5 heteroatoms. The van der Waals surface area contributed by atoms with Crippen molar-refractivity contribution in [3.63, 3.8) is 0 Å². The molecule has 0 bridgehead atoms. The number of rotatable bonds is 5. The smallest absolute Gasteiger partial charge is 0.130 e. The lowest BCUT2D eigenvalue weighted by atomic mass is 9.95. The number of hydrogen-bond acceptors (Lipinski definition) is 4. The molecule has 20 heavy (non-hydrogen) atoms. The van der Waals surface area contributed by atoms with Crippen LogP contribution >= 0.6 is 15.9 Å². The number of ether oxygens (including phenoxy) is 4. The molecule has 1 aromatic carbocycles. The van der Waals surface area contributed by atoms with Gasteiger partial charge in [-0.15, -0.1) is 0 Å². The summed E-state index contributed by atoms with van der Waals surface area (Å²) in [7, 11) is 4.95. The molecule has 0 aliphatic carbocycles. The summed E-state index contributed by atoms with van der Waals surface area (Å²) in [5, 5.41) is 0. The van der Waals surface area contributed by atoms with Gasteiger partial charge in [-0.3, -0.25) is 0 Å². The average molecular weight is 345 g/mol. The minimum Gasteiger partial charge on any atom is -0.496 e.